The van der Waals surface area contributed by atoms with Crippen LogP contribution < -0.4 is 5.32 Å². The predicted octanol–water partition coefficient (Wildman–Crippen LogP) is 3.36. The maximum atomic E-state index is 6.25. The summed E-state index contributed by atoms with van der Waals surface area (Å²) in [7, 11) is 0. The summed E-state index contributed by atoms with van der Waals surface area (Å²) in [6.45, 7) is 0.985. The van der Waals surface area contributed by atoms with Gasteiger partial charge in [0.15, 0.2) is 0 Å². The fourth-order valence-corrected chi connectivity index (χ4v) is 3.02. The van der Waals surface area contributed by atoms with Gasteiger partial charge in [-0.3, -0.25) is 0 Å². The number of nitrogens with one attached hydrogen (secondary N) is 1. The van der Waals surface area contributed by atoms with Gasteiger partial charge in [-0.2, -0.15) is 16.9 Å². The molecule has 0 aliphatic carbocycles. The number of halogens is 1. The Bertz CT molecular complexity index is 580. The maximum absolute atomic E-state index is 6.25. The monoisotopic (exact) mass is 279 g/mol. The zero-order valence-corrected chi connectivity index (χ0v) is 11.7. The lowest BCUT2D eigenvalue weighted by Gasteiger charge is -2.07. The van der Waals surface area contributed by atoms with Crippen LogP contribution in [0.1, 0.15) is 11.3 Å². The van der Waals surface area contributed by atoms with Crippen molar-refractivity contribution in [2.45, 2.75) is 12.2 Å². The Balaban J connectivity index is 2.13. The molecule has 0 saturated carbocycles. The maximum Gasteiger partial charge on any atom is 0.133 e. The van der Waals surface area contributed by atoms with Crippen LogP contribution in [0.15, 0.2) is 24.3 Å². The Morgan fingerprint density at radius 3 is 3.06 bits per heavy atom. The summed E-state index contributed by atoms with van der Waals surface area (Å²) in [6, 6.07) is 7.82. The van der Waals surface area contributed by atoms with Crippen molar-refractivity contribution in [1.29, 1.82) is 0 Å². The molecule has 0 fully saturated rings. The molecule has 18 heavy (non-hydrogen) atoms. The summed E-state index contributed by atoms with van der Waals surface area (Å²) in [5.41, 5.74) is 3.45. The van der Waals surface area contributed by atoms with E-state index in [0.717, 1.165) is 35.2 Å². The van der Waals surface area contributed by atoms with Gasteiger partial charge in [-0.15, -0.1) is 0 Å². The van der Waals surface area contributed by atoms with E-state index in [9.17, 15) is 0 Å². The van der Waals surface area contributed by atoms with Crippen molar-refractivity contribution in [1.82, 2.24) is 9.78 Å². The van der Waals surface area contributed by atoms with Gasteiger partial charge in [-0.05, 0) is 24.8 Å². The predicted molar refractivity (Wildman–Crippen MR) is 78.0 cm³/mol. The Labute approximate surface area is 116 Å². The van der Waals surface area contributed by atoms with Crippen LogP contribution in [0.25, 0.3) is 5.69 Å². The van der Waals surface area contributed by atoms with E-state index in [2.05, 4.69) is 11.6 Å². The molecule has 1 N–H and O–H groups in total. The number of aromatic nitrogens is 2. The van der Waals surface area contributed by atoms with Crippen molar-refractivity contribution in [2.75, 3.05) is 18.1 Å². The van der Waals surface area contributed by atoms with Crippen LogP contribution >= 0.6 is 23.4 Å². The lowest BCUT2D eigenvalue weighted by molar-refractivity contribution is 0.853. The second-order valence-corrected chi connectivity index (χ2v) is 5.52. The highest BCUT2D eigenvalue weighted by Crippen LogP contribution is 2.32. The molecule has 0 unspecified atom stereocenters. The van der Waals surface area contributed by atoms with Gasteiger partial charge in [0.25, 0.3) is 0 Å². The summed E-state index contributed by atoms with van der Waals surface area (Å²) in [6.07, 6.45) is 3.15. The highest BCUT2D eigenvalue weighted by atomic mass is 35.5. The van der Waals surface area contributed by atoms with Crippen LogP contribution in [0.3, 0.4) is 0 Å². The Hall–Kier alpha value is -1.13. The van der Waals surface area contributed by atoms with Gasteiger partial charge in [0.05, 0.1) is 16.4 Å². The molecule has 1 aromatic heterocycles. The number of para-hydroxylation sites is 1. The molecular weight excluding hydrogens is 266 g/mol. The Kier molecular flexibility index (Phi) is 3.22. The van der Waals surface area contributed by atoms with Gasteiger partial charge in [-0.1, -0.05) is 23.7 Å². The number of rotatable bonds is 3. The highest BCUT2D eigenvalue weighted by Gasteiger charge is 2.23. The number of benzene rings is 1. The molecule has 0 saturated heterocycles. The van der Waals surface area contributed by atoms with Crippen molar-refractivity contribution in [3.8, 4) is 5.69 Å². The van der Waals surface area contributed by atoms with Gasteiger partial charge in [0.2, 0.25) is 0 Å². The molecular formula is C13H14ClN3S. The minimum atomic E-state index is 0.729. The summed E-state index contributed by atoms with van der Waals surface area (Å²) in [5, 5.41) is 8.84. The zero-order chi connectivity index (χ0) is 12.5. The van der Waals surface area contributed by atoms with Crippen molar-refractivity contribution in [2.24, 2.45) is 0 Å². The third-order valence-electron chi connectivity index (χ3n) is 3.10. The van der Waals surface area contributed by atoms with Gasteiger partial charge in [0, 0.05) is 17.9 Å². The largest absolute Gasteiger partial charge is 0.369 e. The Morgan fingerprint density at radius 1 is 1.44 bits per heavy atom. The van der Waals surface area contributed by atoms with Gasteiger partial charge in [0.1, 0.15) is 5.82 Å². The quantitative estimate of drug-likeness (QED) is 0.934. The second kappa shape index (κ2) is 4.86. The third kappa shape index (κ3) is 1.89. The molecule has 3 nitrogen and oxygen atoms in total. The van der Waals surface area contributed by atoms with Crippen LogP contribution in [0.2, 0.25) is 5.02 Å². The zero-order valence-electron chi connectivity index (χ0n) is 10.1. The topological polar surface area (TPSA) is 29.9 Å². The number of fused-ring (bicyclic) bond motifs is 1. The molecule has 0 atom stereocenters. The van der Waals surface area contributed by atoms with Gasteiger partial charge < -0.3 is 5.32 Å². The first-order valence-electron chi connectivity index (χ1n) is 5.89. The SMILES string of the molecule is CSCc1nn(-c2ccccc2Cl)c2c1CCN2. The van der Waals surface area contributed by atoms with Crippen LogP contribution in [0.4, 0.5) is 5.82 Å². The number of thioether (sulfide) groups is 1. The highest BCUT2D eigenvalue weighted by molar-refractivity contribution is 7.97. The summed E-state index contributed by atoms with van der Waals surface area (Å²) in [5.74, 6) is 2.05. The molecule has 0 radical (unpaired) electrons. The van der Waals surface area contributed by atoms with Gasteiger partial charge in [-0.25, -0.2) is 4.68 Å². The van der Waals surface area contributed by atoms with E-state index in [1.165, 1.54) is 11.3 Å². The van der Waals surface area contributed by atoms with Crippen LogP contribution in [0.5, 0.6) is 0 Å². The molecule has 2 heterocycles. The van der Waals surface area contributed by atoms with Crippen LogP contribution in [0, 0.1) is 0 Å². The lowest BCUT2D eigenvalue weighted by Crippen LogP contribution is -2.05. The molecule has 5 heteroatoms. The number of nitrogens with zero attached hydrogens (tertiary/aromatic N) is 2. The summed E-state index contributed by atoms with van der Waals surface area (Å²) in [4.78, 5) is 0. The molecule has 0 bridgehead atoms. The van der Waals surface area contributed by atoms with Crippen molar-refractivity contribution in [3.05, 3.63) is 40.5 Å². The van der Waals surface area contributed by atoms with Gasteiger partial charge >= 0.3 is 0 Å². The minimum absolute atomic E-state index is 0.729. The van der Waals surface area contributed by atoms with Crippen molar-refractivity contribution >= 4 is 29.2 Å². The second-order valence-electron chi connectivity index (χ2n) is 4.25. The molecule has 0 amide bonds. The van der Waals surface area contributed by atoms with Crippen LogP contribution in [-0.4, -0.2) is 22.6 Å². The van der Waals surface area contributed by atoms with Crippen molar-refractivity contribution < 1.29 is 0 Å². The minimum Gasteiger partial charge on any atom is -0.369 e. The average Bonchev–Trinajstić information content (AvgIpc) is 2.94. The molecule has 3 rings (SSSR count). The summed E-state index contributed by atoms with van der Waals surface area (Å²) >= 11 is 8.05. The smallest absolute Gasteiger partial charge is 0.133 e. The Morgan fingerprint density at radius 2 is 2.28 bits per heavy atom. The molecule has 0 spiro atoms. The molecule has 1 aliphatic heterocycles. The molecule has 94 valence electrons. The number of hydrogen-bond acceptors (Lipinski definition) is 3. The van der Waals surface area contributed by atoms with E-state index in [1.807, 2.05) is 28.9 Å². The third-order valence-corrected chi connectivity index (χ3v) is 3.98. The molecule has 1 aliphatic rings. The fraction of sp³-hybridized carbons (Fsp3) is 0.308. The average molecular weight is 280 g/mol. The first kappa shape index (κ1) is 11.9. The van der Waals surface area contributed by atoms with Crippen molar-refractivity contribution in [3.63, 3.8) is 0 Å². The van der Waals surface area contributed by atoms with E-state index < -0.39 is 0 Å². The van der Waals surface area contributed by atoms with E-state index in [0.29, 0.717) is 0 Å². The standard InChI is InChI=1S/C13H14ClN3S/c1-18-8-11-9-6-7-15-13(9)17(16-11)12-5-3-2-4-10(12)14/h2-5,15H,6-8H2,1H3. The summed E-state index contributed by atoms with van der Waals surface area (Å²) < 4.78 is 1.94. The van der Waals surface area contributed by atoms with Crippen LogP contribution in [-0.2, 0) is 12.2 Å². The van der Waals surface area contributed by atoms with E-state index in [4.69, 9.17) is 16.7 Å². The van der Waals surface area contributed by atoms with E-state index >= 15 is 0 Å². The lowest BCUT2D eigenvalue weighted by atomic mass is 10.2. The fourth-order valence-electron chi connectivity index (χ4n) is 2.30. The number of hydrogen-bond donors (Lipinski definition) is 1. The first-order valence-corrected chi connectivity index (χ1v) is 7.67. The van der Waals surface area contributed by atoms with E-state index in [1.54, 1.807) is 11.8 Å². The normalized spacial score (nSPS) is 13.4. The molecule has 2 aromatic rings. The van der Waals surface area contributed by atoms with E-state index in [-0.39, 0.29) is 0 Å². The number of anilines is 1. The molecule has 1 aromatic carbocycles. The first-order chi connectivity index (χ1) is 8.81.